The van der Waals surface area contributed by atoms with E-state index < -0.39 is 24.3 Å². The minimum atomic E-state index is -0.726. The lowest BCUT2D eigenvalue weighted by Gasteiger charge is -2.30. The van der Waals surface area contributed by atoms with E-state index in [1.807, 2.05) is 57.1 Å². The Bertz CT molecular complexity index is 2660. The van der Waals surface area contributed by atoms with Gasteiger partial charge in [-0.2, -0.15) is 0 Å². The van der Waals surface area contributed by atoms with Crippen molar-refractivity contribution >= 4 is 34.8 Å². The van der Waals surface area contributed by atoms with Gasteiger partial charge in [-0.1, -0.05) is 89.1 Å². The molecule has 2 aliphatic carbocycles. The minimum Gasteiger partial charge on any atom is -0.453 e. The van der Waals surface area contributed by atoms with Crippen LogP contribution in [-0.2, 0) is 30.9 Å². The van der Waals surface area contributed by atoms with E-state index in [1.165, 1.54) is 62.2 Å². The molecule has 1 spiro atoms. The molecular weight excluding hydrogens is 821 g/mol. The van der Waals surface area contributed by atoms with Crippen molar-refractivity contribution in [1.82, 2.24) is 40.4 Å². The van der Waals surface area contributed by atoms with Crippen LogP contribution in [0.3, 0.4) is 0 Å². The van der Waals surface area contributed by atoms with Crippen LogP contribution >= 0.6 is 0 Å². The molecule has 340 valence electrons. The smallest absolute Gasteiger partial charge is 0.407 e. The highest BCUT2D eigenvalue weighted by Gasteiger charge is 2.44. The van der Waals surface area contributed by atoms with Crippen LogP contribution in [0.1, 0.15) is 108 Å². The third kappa shape index (κ3) is 8.16. The Morgan fingerprint density at radius 1 is 0.723 bits per heavy atom. The number of aromatic amines is 2. The average Bonchev–Trinajstić information content (AvgIpc) is 4.18. The second kappa shape index (κ2) is 17.9. The molecule has 14 nitrogen and oxygen atoms in total. The molecule has 14 heteroatoms. The number of fused-ring (bicyclic) bond motifs is 3. The molecule has 1 saturated carbocycles. The van der Waals surface area contributed by atoms with E-state index in [9.17, 15) is 19.2 Å². The van der Waals surface area contributed by atoms with E-state index in [4.69, 9.17) is 19.4 Å². The monoisotopic (exact) mass is 880 g/mol. The fraction of sp³-hybridized carbons (Fsp3) is 0.451. The molecule has 4 atom stereocenters. The van der Waals surface area contributed by atoms with Crippen LogP contribution in [0, 0.1) is 11.8 Å². The number of aromatic nitrogens is 4. The number of H-pyrrole nitrogens is 2. The lowest BCUT2D eigenvalue weighted by atomic mass is 9.76. The van der Waals surface area contributed by atoms with Crippen molar-refractivity contribution in [3.05, 3.63) is 95.9 Å². The van der Waals surface area contributed by atoms with Gasteiger partial charge in [-0.15, -0.1) is 0 Å². The second-order valence-corrected chi connectivity index (χ2v) is 18.9. The van der Waals surface area contributed by atoms with Crippen LogP contribution in [0.2, 0.25) is 0 Å². The Morgan fingerprint density at radius 3 is 2.00 bits per heavy atom. The molecule has 4 heterocycles. The number of alkyl carbamates (subject to hydrolysis) is 2. The van der Waals surface area contributed by atoms with Gasteiger partial charge in [-0.25, -0.2) is 19.6 Å². The van der Waals surface area contributed by atoms with Gasteiger partial charge >= 0.3 is 12.2 Å². The number of ether oxygens (including phenoxy) is 2. The van der Waals surface area contributed by atoms with Gasteiger partial charge < -0.3 is 39.9 Å². The summed E-state index contributed by atoms with van der Waals surface area (Å²) >= 11 is 0. The Morgan fingerprint density at radius 2 is 1.32 bits per heavy atom. The van der Waals surface area contributed by atoms with Gasteiger partial charge in [-0.3, -0.25) is 9.59 Å². The number of hydrogen-bond acceptors (Lipinski definition) is 8. The first-order valence-electron chi connectivity index (χ1n) is 23.2. The highest BCUT2D eigenvalue weighted by molar-refractivity contribution is 5.92. The second-order valence-electron chi connectivity index (χ2n) is 18.9. The first-order valence-corrected chi connectivity index (χ1v) is 23.2. The minimum absolute atomic E-state index is 0.107. The van der Waals surface area contributed by atoms with Crippen LogP contribution in [0.5, 0.6) is 0 Å². The van der Waals surface area contributed by atoms with E-state index in [2.05, 4.69) is 69.1 Å². The summed E-state index contributed by atoms with van der Waals surface area (Å²) in [6, 6.07) is 15.8. The lowest BCUT2D eigenvalue weighted by molar-refractivity contribution is -0.136. The molecule has 2 aliphatic heterocycles. The lowest BCUT2D eigenvalue weighted by Crippen LogP contribution is -2.51. The van der Waals surface area contributed by atoms with Crippen LogP contribution in [-0.4, -0.2) is 93.1 Å². The van der Waals surface area contributed by atoms with Crippen molar-refractivity contribution in [2.75, 3.05) is 27.3 Å². The molecule has 0 radical (unpaired) electrons. The molecule has 0 unspecified atom stereocenters. The zero-order valence-corrected chi connectivity index (χ0v) is 38.2. The fourth-order valence-electron chi connectivity index (χ4n) is 11.0. The summed E-state index contributed by atoms with van der Waals surface area (Å²) in [7, 11) is 2.60. The number of likely N-dealkylation sites (tertiary alicyclic amines) is 1. The highest BCUT2D eigenvalue weighted by Crippen LogP contribution is 2.55. The van der Waals surface area contributed by atoms with Crippen molar-refractivity contribution in [3.8, 4) is 33.6 Å². The maximum absolute atomic E-state index is 13.8. The number of nitrogens with zero attached hydrogens (tertiary/aromatic N) is 4. The molecule has 4 aliphatic rings. The maximum Gasteiger partial charge on any atom is 0.407 e. The summed E-state index contributed by atoms with van der Waals surface area (Å²) in [6.07, 6.45) is 15.1. The first kappa shape index (κ1) is 43.8. The number of hydrogen-bond donors (Lipinski definition) is 4. The fourth-order valence-corrected chi connectivity index (χ4v) is 11.0. The molecule has 4 N–H and O–H groups in total. The zero-order valence-electron chi connectivity index (χ0n) is 38.2. The van der Waals surface area contributed by atoms with Crippen molar-refractivity contribution in [1.29, 1.82) is 0 Å². The van der Waals surface area contributed by atoms with Crippen LogP contribution in [0.25, 0.3) is 44.4 Å². The Hall–Kier alpha value is -6.44. The predicted molar refractivity (Wildman–Crippen MR) is 249 cm³/mol. The third-order valence-corrected chi connectivity index (χ3v) is 14.4. The van der Waals surface area contributed by atoms with E-state index in [0.29, 0.717) is 18.9 Å². The Labute approximate surface area is 380 Å². The normalized spacial score (nSPS) is 19.6. The summed E-state index contributed by atoms with van der Waals surface area (Å²) in [4.78, 5) is 72.1. The summed E-state index contributed by atoms with van der Waals surface area (Å²) in [5.41, 5.74) is 9.48. The van der Waals surface area contributed by atoms with Crippen molar-refractivity contribution < 1.29 is 28.7 Å². The molecule has 65 heavy (non-hydrogen) atoms. The molecule has 3 aromatic carbocycles. The SMILES string of the molecule is COC(=O)N[C@H](C(=O)N1CC=C[C@H]1c1ncc(-c2ccc(-c3ccc4cc(-c5cnc([C@@H]6CCCN6C(=O)[C@@H](NC(=O)OC)C(C)C)[nH]5)ccc4c3)c3c2CCC32CCCC2)[nH]1)C(C)C. The van der Waals surface area contributed by atoms with E-state index in [-0.39, 0.29) is 41.1 Å². The van der Waals surface area contributed by atoms with E-state index in [1.54, 1.807) is 4.90 Å². The van der Waals surface area contributed by atoms with Crippen molar-refractivity contribution in [3.63, 3.8) is 0 Å². The topological polar surface area (TPSA) is 175 Å². The molecule has 1 saturated heterocycles. The zero-order chi connectivity index (χ0) is 45.6. The largest absolute Gasteiger partial charge is 0.453 e. The Kier molecular flexibility index (Phi) is 12.0. The van der Waals surface area contributed by atoms with Crippen LogP contribution in [0.4, 0.5) is 9.59 Å². The van der Waals surface area contributed by atoms with Gasteiger partial charge in [-0.05, 0) is 101 Å². The quantitative estimate of drug-likeness (QED) is 0.0952. The number of carbonyl (C=O) groups excluding carboxylic acids is 4. The van der Waals surface area contributed by atoms with Crippen LogP contribution in [0.15, 0.2) is 73.1 Å². The number of amides is 4. The molecular formula is C51H60N8O6. The summed E-state index contributed by atoms with van der Waals surface area (Å²) in [5, 5.41) is 7.72. The Balaban J connectivity index is 0.976. The number of imidazole rings is 2. The van der Waals surface area contributed by atoms with Gasteiger partial charge in [0.2, 0.25) is 11.8 Å². The van der Waals surface area contributed by atoms with E-state index >= 15 is 0 Å². The third-order valence-electron chi connectivity index (χ3n) is 14.4. The highest BCUT2D eigenvalue weighted by atomic mass is 16.5. The number of nitrogens with one attached hydrogen (secondary N) is 4. The summed E-state index contributed by atoms with van der Waals surface area (Å²) < 4.78 is 9.62. The number of carbonyl (C=O) groups is 4. The molecule has 4 amide bonds. The van der Waals surface area contributed by atoms with Gasteiger partial charge in [0, 0.05) is 24.2 Å². The number of methoxy groups -OCH3 is 2. The summed E-state index contributed by atoms with van der Waals surface area (Å²) in [6.45, 7) is 8.67. The first-order chi connectivity index (χ1) is 31.4. The molecule has 5 aromatic rings. The molecule has 2 aromatic heterocycles. The van der Waals surface area contributed by atoms with Gasteiger partial charge in [0.25, 0.3) is 0 Å². The van der Waals surface area contributed by atoms with Crippen molar-refractivity contribution in [2.24, 2.45) is 11.8 Å². The summed E-state index contributed by atoms with van der Waals surface area (Å²) in [5.74, 6) is 0.881. The standard InChI is InChI=1S/C51H60N8O6/c1-29(2)43(56-49(62)64-5)47(60)58-23-9-11-40(58)45-52-27-38(54-45)34-16-14-31-25-33(15-13-32(31)26-34)35-17-18-36(37-19-22-51(42(35)37)20-7-8-21-51)39-28-53-46(55-39)41-12-10-24-59(41)48(61)44(30(3)4)57-50(63)65-6/h10,12-18,25-30,40-41,43-44H,7-9,11,19-24H2,1-6H3,(H,52,54)(H,53,55)(H,56,62)(H,57,63)/t40-,41-,43-,44-/m0/s1. The van der Waals surface area contributed by atoms with Crippen LogP contribution < -0.4 is 10.6 Å². The molecule has 9 rings (SSSR count). The van der Waals surface area contributed by atoms with Gasteiger partial charge in [0.05, 0.1) is 44.0 Å². The van der Waals surface area contributed by atoms with Gasteiger partial charge in [0.15, 0.2) is 0 Å². The molecule has 0 bridgehead atoms. The maximum atomic E-state index is 13.8. The number of benzene rings is 3. The van der Waals surface area contributed by atoms with Gasteiger partial charge in [0.1, 0.15) is 29.8 Å². The number of rotatable bonds is 11. The van der Waals surface area contributed by atoms with E-state index in [0.717, 1.165) is 64.8 Å². The predicted octanol–water partition coefficient (Wildman–Crippen LogP) is 8.91. The van der Waals surface area contributed by atoms with Crippen molar-refractivity contribution in [2.45, 2.75) is 109 Å². The average molecular weight is 881 g/mol. The molecule has 2 fully saturated rings.